The van der Waals surface area contributed by atoms with Crippen molar-refractivity contribution in [1.29, 1.82) is 0 Å². The van der Waals surface area contributed by atoms with Gasteiger partial charge in [0.15, 0.2) is 11.0 Å². The van der Waals surface area contributed by atoms with E-state index >= 15 is 0 Å². The highest BCUT2D eigenvalue weighted by Gasteiger charge is 2.15. The van der Waals surface area contributed by atoms with Crippen LogP contribution in [-0.2, 0) is 12.3 Å². The summed E-state index contributed by atoms with van der Waals surface area (Å²) < 4.78 is 29.3. The third-order valence-corrected chi connectivity index (χ3v) is 4.35. The van der Waals surface area contributed by atoms with Gasteiger partial charge in [0.2, 0.25) is 0 Å². The van der Waals surface area contributed by atoms with Gasteiger partial charge in [-0.3, -0.25) is 4.98 Å². The SMILES string of the molecule is CCn1c(SCc2c(F)cccc2F)nnc1-c1cccnc1. The van der Waals surface area contributed by atoms with Crippen LogP contribution in [0.5, 0.6) is 0 Å². The Bertz CT molecular complexity index is 785. The second-order valence-corrected chi connectivity index (χ2v) is 5.72. The summed E-state index contributed by atoms with van der Waals surface area (Å²) in [6.07, 6.45) is 3.40. The molecule has 23 heavy (non-hydrogen) atoms. The molecule has 0 amide bonds. The number of rotatable bonds is 5. The van der Waals surface area contributed by atoms with Gasteiger partial charge in [0.05, 0.1) is 0 Å². The second-order valence-electron chi connectivity index (χ2n) is 4.78. The van der Waals surface area contributed by atoms with E-state index in [9.17, 15) is 8.78 Å². The summed E-state index contributed by atoms with van der Waals surface area (Å²) in [7, 11) is 0. The van der Waals surface area contributed by atoms with Crippen LogP contribution in [-0.4, -0.2) is 19.7 Å². The fraction of sp³-hybridized carbons (Fsp3) is 0.188. The van der Waals surface area contributed by atoms with Crippen molar-refractivity contribution in [2.45, 2.75) is 24.4 Å². The molecule has 0 atom stereocenters. The van der Waals surface area contributed by atoms with Gasteiger partial charge in [-0.2, -0.15) is 0 Å². The van der Waals surface area contributed by atoms with Crippen LogP contribution in [0, 0.1) is 11.6 Å². The molecule has 0 aliphatic heterocycles. The fourth-order valence-electron chi connectivity index (χ4n) is 2.20. The molecule has 0 bridgehead atoms. The van der Waals surface area contributed by atoms with Crippen LogP contribution < -0.4 is 0 Å². The number of nitrogens with zero attached hydrogens (tertiary/aromatic N) is 4. The molecule has 0 spiro atoms. The largest absolute Gasteiger partial charge is 0.302 e. The van der Waals surface area contributed by atoms with E-state index in [0.29, 0.717) is 17.5 Å². The number of hydrogen-bond donors (Lipinski definition) is 0. The van der Waals surface area contributed by atoms with Crippen molar-refractivity contribution in [3.8, 4) is 11.4 Å². The average molecular weight is 332 g/mol. The van der Waals surface area contributed by atoms with Crippen molar-refractivity contribution in [2.75, 3.05) is 0 Å². The van der Waals surface area contributed by atoms with Gasteiger partial charge < -0.3 is 4.57 Å². The first-order chi connectivity index (χ1) is 11.2. The van der Waals surface area contributed by atoms with Gasteiger partial charge in [-0.25, -0.2) is 8.78 Å². The highest BCUT2D eigenvalue weighted by Crippen LogP contribution is 2.27. The zero-order chi connectivity index (χ0) is 16.2. The van der Waals surface area contributed by atoms with E-state index in [0.717, 1.165) is 5.56 Å². The van der Waals surface area contributed by atoms with E-state index < -0.39 is 11.6 Å². The molecule has 0 unspecified atom stereocenters. The van der Waals surface area contributed by atoms with Gasteiger partial charge in [-0.1, -0.05) is 17.8 Å². The molecule has 0 saturated carbocycles. The Labute approximate surface area is 136 Å². The van der Waals surface area contributed by atoms with Crippen LogP contribution in [0.4, 0.5) is 8.78 Å². The highest BCUT2D eigenvalue weighted by molar-refractivity contribution is 7.98. The number of benzene rings is 1. The first kappa shape index (κ1) is 15.6. The zero-order valence-corrected chi connectivity index (χ0v) is 13.2. The van der Waals surface area contributed by atoms with Gasteiger partial charge in [-0.15, -0.1) is 10.2 Å². The maximum absolute atomic E-state index is 13.7. The molecule has 0 radical (unpaired) electrons. The molecule has 0 N–H and O–H groups in total. The monoisotopic (exact) mass is 332 g/mol. The third-order valence-electron chi connectivity index (χ3n) is 3.36. The van der Waals surface area contributed by atoms with Crippen LogP contribution in [0.25, 0.3) is 11.4 Å². The molecule has 0 saturated heterocycles. The minimum atomic E-state index is -0.549. The van der Waals surface area contributed by atoms with Crippen LogP contribution in [0.1, 0.15) is 12.5 Å². The summed E-state index contributed by atoms with van der Waals surface area (Å²) in [6, 6.07) is 7.59. The first-order valence-corrected chi connectivity index (χ1v) is 8.08. The van der Waals surface area contributed by atoms with Gasteiger partial charge in [0.25, 0.3) is 0 Å². The lowest BCUT2D eigenvalue weighted by Gasteiger charge is -2.08. The lowest BCUT2D eigenvalue weighted by molar-refractivity contribution is 0.566. The standard InChI is InChI=1S/C16H14F2N4S/c1-2-22-15(11-5-4-8-19-9-11)20-21-16(22)23-10-12-13(17)6-3-7-14(12)18/h3-9H,2,10H2,1H3. The summed E-state index contributed by atoms with van der Waals surface area (Å²) >= 11 is 1.26. The van der Waals surface area contributed by atoms with Crippen LogP contribution in [0.3, 0.4) is 0 Å². The van der Waals surface area contributed by atoms with E-state index in [2.05, 4.69) is 15.2 Å². The number of aromatic nitrogens is 4. The molecule has 3 rings (SSSR count). The minimum Gasteiger partial charge on any atom is -0.302 e. The average Bonchev–Trinajstić information content (AvgIpc) is 2.98. The Morgan fingerprint density at radius 2 is 1.87 bits per heavy atom. The van der Waals surface area contributed by atoms with Gasteiger partial charge in [0, 0.05) is 35.8 Å². The van der Waals surface area contributed by atoms with Crippen molar-refractivity contribution in [3.05, 3.63) is 59.9 Å². The van der Waals surface area contributed by atoms with Gasteiger partial charge in [0.1, 0.15) is 11.6 Å². The fourth-order valence-corrected chi connectivity index (χ4v) is 3.22. The highest BCUT2D eigenvalue weighted by atomic mass is 32.2. The molecule has 1 aromatic carbocycles. The van der Waals surface area contributed by atoms with E-state index in [1.807, 2.05) is 23.6 Å². The molecule has 118 valence electrons. The third kappa shape index (κ3) is 3.24. The van der Waals surface area contributed by atoms with Crippen molar-refractivity contribution in [3.63, 3.8) is 0 Å². The van der Waals surface area contributed by atoms with Crippen molar-refractivity contribution >= 4 is 11.8 Å². The van der Waals surface area contributed by atoms with Crippen molar-refractivity contribution in [1.82, 2.24) is 19.7 Å². The molecule has 3 aromatic rings. The predicted molar refractivity (Wildman–Crippen MR) is 84.8 cm³/mol. The smallest absolute Gasteiger partial charge is 0.191 e. The van der Waals surface area contributed by atoms with E-state index in [1.165, 1.54) is 30.0 Å². The lowest BCUT2D eigenvalue weighted by Crippen LogP contribution is -2.01. The summed E-state index contributed by atoms with van der Waals surface area (Å²) in [5.74, 6) is -0.249. The Morgan fingerprint density at radius 3 is 2.52 bits per heavy atom. The number of thioether (sulfide) groups is 1. The maximum Gasteiger partial charge on any atom is 0.191 e. The van der Waals surface area contributed by atoms with Gasteiger partial charge in [-0.05, 0) is 31.2 Å². The quantitative estimate of drug-likeness (QED) is 0.664. The zero-order valence-electron chi connectivity index (χ0n) is 12.4. The summed E-state index contributed by atoms with van der Waals surface area (Å²) in [4.78, 5) is 4.08. The summed E-state index contributed by atoms with van der Waals surface area (Å²) in [6.45, 7) is 2.62. The van der Waals surface area contributed by atoms with Crippen molar-refractivity contribution in [2.24, 2.45) is 0 Å². The first-order valence-electron chi connectivity index (χ1n) is 7.10. The Balaban J connectivity index is 1.86. The summed E-state index contributed by atoms with van der Waals surface area (Å²) in [5.41, 5.74) is 0.900. The second kappa shape index (κ2) is 6.87. The number of hydrogen-bond acceptors (Lipinski definition) is 4. The van der Waals surface area contributed by atoms with E-state index in [1.54, 1.807) is 12.4 Å². The van der Waals surface area contributed by atoms with E-state index in [-0.39, 0.29) is 11.3 Å². The Hall–Kier alpha value is -2.28. The normalized spacial score (nSPS) is 10.9. The van der Waals surface area contributed by atoms with E-state index in [4.69, 9.17) is 0 Å². The van der Waals surface area contributed by atoms with Crippen LogP contribution >= 0.6 is 11.8 Å². The maximum atomic E-state index is 13.7. The molecule has 0 fully saturated rings. The molecular formula is C16H14F2N4S. The molecule has 0 aliphatic carbocycles. The minimum absolute atomic E-state index is 0.0473. The topological polar surface area (TPSA) is 43.6 Å². The van der Waals surface area contributed by atoms with Crippen molar-refractivity contribution < 1.29 is 8.78 Å². The van der Waals surface area contributed by atoms with Gasteiger partial charge >= 0.3 is 0 Å². The summed E-state index contributed by atoms with van der Waals surface area (Å²) in [5, 5.41) is 8.94. The molecule has 2 aromatic heterocycles. The van der Waals surface area contributed by atoms with Crippen LogP contribution in [0.15, 0.2) is 47.9 Å². The lowest BCUT2D eigenvalue weighted by atomic mass is 10.2. The number of pyridine rings is 1. The predicted octanol–water partition coefficient (Wildman–Crippen LogP) is 3.93. The molecular weight excluding hydrogens is 318 g/mol. The molecule has 2 heterocycles. The molecule has 4 nitrogen and oxygen atoms in total. The Kier molecular flexibility index (Phi) is 4.66. The molecule has 7 heteroatoms. The number of halogens is 2. The Morgan fingerprint density at radius 1 is 1.09 bits per heavy atom. The van der Waals surface area contributed by atoms with Crippen LogP contribution in [0.2, 0.25) is 0 Å². The molecule has 0 aliphatic rings.